The molecule has 0 aliphatic heterocycles. The molecule has 1 aromatic carbocycles. The molecule has 7 heteroatoms. The third-order valence-corrected chi connectivity index (χ3v) is 3.14. The predicted octanol–water partition coefficient (Wildman–Crippen LogP) is 1.45. The molecule has 0 fully saturated rings. The monoisotopic (exact) mass is 291 g/mol. The van der Waals surface area contributed by atoms with E-state index >= 15 is 0 Å². The lowest BCUT2D eigenvalue weighted by Crippen LogP contribution is -2.20. The molecule has 0 radical (unpaired) electrons. The standard InChI is InChI=1S/C13H14ClN5O/c1-19(7-8-6-9(15)2-3-10(8)14)12-5-4-11(13(16)20)17-18-12/h2-6H,7,15H2,1H3,(H2,16,20). The highest BCUT2D eigenvalue weighted by Crippen LogP contribution is 2.21. The molecular weight excluding hydrogens is 278 g/mol. The van der Waals surface area contributed by atoms with Gasteiger partial charge in [-0.25, -0.2) is 0 Å². The molecule has 0 atom stereocenters. The van der Waals surface area contributed by atoms with Gasteiger partial charge in [-0.15, -0.1) is 10.2 Å². The van der Waals surface area contributed by atoms with Gasteiger partial charge < -0.3 is 16.4 Å². The molecule has 1 heterocycles. The highest BCUT2D eigenvalue weighted by Gasteiger charge is 2.09. The number of rotatable bonds is 4. The van der Waals surface area contributed by atoms with Crippen LogP contribution in [0.3, 0.4) is 0 Å². The molecule has 0 aliphatic carbocycles. The van der Waals surface area contributed by atoms with Crippen molar-refractivity contribution >= 4 is 29.0 Å². The van der Waals surface area contributed by atoms with Crippen LogP contribution in [0.25, 0.3) is 0 Å². The largest absolute Gasteiger partial charge is 0.399 e. The molecule has 0 aliphatic rings. The Hall–Kier alpha value is -2.34. The predicted molar refractivity (Wildman–Crippen MR) is 78.5 cm³/mol. The van der Waals surface area contributed by atoms with E-state index in [0.717, 1.165) is 5.56 Å². The van der Waals surface area contributed by atoms with Gasteiger partial charge in [0, 0.05) is 24.3 Å². The molecule has 0 saturated heterocycles. The van der Waals surface area contributed by atoms with Gasteiger partial charge >= 0.3 is 0 Å². The molecule has 20 heavy (non-hydrogen) atoms. The molecule has 0 unspecified atom stereocenters. The van der Waals surface area contributed by atoms with Crippen molar-refractivity contribution in [2.75, 3.05) is 17.7 Å². The first-order chi connectivity index (χ1) is 9.47. The number of carbonyl (C=O) groups excluding carboxylic acids is 1. The van der Waals surface area contributed by atoms with Gasteiger partial charge in [-0.05, 0) is 35.9 Å². The van der Waals surface area contributed by atoms with E-state index in [4.69, 9.17) is 23.1 Å². The molecule has 0 spiro atoms. The van der Waals surface area contributed by atoms with Crippen LogP contribution >= 0.6 is 11.6 Å². The van der Waals surface area contributed by atoms with Crippen LogP contribution in [0, 0.1) is 0 Å². The fourth-order valence-corrected chi connectivity index (χ4v) is 1.89. The zero-order valence-corrected chi connectivity index (χ0v) is 11.6. The van der Waals surface area contributed by atoms with Gasteiger partial charge in [-0.3, -0.25) is 4.79 Å². The normalized spacial score (nSPS) is 10.3. The van der Waals surface area contributed by atoms with Gasteiger partial charge in [0.15, 0.2) is 11.5 Å². The number of nitrogens with two attached hydrogens (primary N) is 2. The lowest BCUT2D eigenvalue weighted by atomic mass is 10.2. The van der Waals surface area contributed by atoms with Crippen molar-refractivity contribution < 1.29 is 4.79 Å². The van der Waals surface area contributed by atoms with E-state index < -0.39 is 5.91 Å². The van der Waals surface area contributed by atoms with Crippen molar-refractivity contribution in [3.8, 4) is 0 Å². The minimum atomic E-state index is -0.606. The summed E-state index contributed by atoms with van der Waals surface area (Å²) in [5, 5.41) is 8.34. The topological polar surface area (TPSA) is 98.1 Å². The van der Waals surface area contributed by atoms with Crippen LogP contribution in [0.4, 0.5) is 11.5 Å². The van der Waals surface area contributed by atoms with Gasteiger partial charge in [0.1, 0.15) is 0 Å². The maximum atomic E-state index is 10.9. The number of primary amides is 1. The fraction of sp³-hybridized carbons (Fsp3) is 0.154. The number of amides is 1. The molecule has 0 bridgehead atoms. The molecular formula is C13H14ClN5O. The summed E-state index contributed by atoms with van der Waals surface area (Å²) in [4.78, 5) is 12.8. The molecule has 1 amide bonds. The van der Waals surface area contributed by atoms with Crippen molar-refractivity contribution in [3.63, 3.8) is 0 Å². The molecule has 104 valence electrons. The Morgan fingerprint density at radius 3 is 2.65 bits per heavy atom. The average molecular weight is 292 g/mol. The average Bonchev–Trinajstić information content (AvgIpc) is 2.43. The summed E-state index contributed by atoms with van der Waals surface area (Å²) in [6, 6.07) is 8.51. The Morgan fingerprint density at radius 2 is 2.05 bits per heavy atom. The van der Waals surface area contributed by atoms with Crippen molar-refractivity contribution in [2.45, 2.75) is 6.54 Å². The maximum absolute atomic E-state index is 10.9. The summed E-state index contributed by atoms with van der Waals surface area (Å²) >= 11 is 6.12. The summed E-state index contributed by atoms with van der Waals surface area (Å²) < 4.78 is 0. The summed E-state index contributed by atoms with van der Waals surface area (Å²) in [6.45, 7) is 0.522. The van der Waals surface area contributed by atoms with Crippen LogP contribution in [-0.4, -0.2) is 23.2 Å². The number of anilines is 2. The van der Waals surface area contributed by atoms with Crippen LogP contribution in [0.15, 0.2) is 30.3 Å². The molecule has 6 nitrogen and oxygen atoms in total. The lowest BCUT2D eigenvalue weighted by Gasteiger charge is -2.18. The molecule has 0 saturated carbocycles. The number of aromatic nitrogens is 2. The van der Waals surface area contributed by atoms with E-state index in [2.05, 4.69) is 10.2 Å². The number of nitrogens with zero attached hydrogens (tertiary/aromatic N) is 3. The third-order valence-electron chi connectivity index (χ3n) is 2.77. The minimum absolute atomic E-state index is 0.129. The van der Waals surface area contributed by atoms with Crippen LogP contribution in [0.5, 0.6) is 0 Å². The number of nitrogen functional groups attached to an aromatic ring is 1. The van der Waals surface area contributed by atoms with Crippen molar-refractivity contribution in [2.24, 2.45) is 5.73 Å². The molecule has 1 aromatic heterocycles. The Balaban J connectivity index is 2.17. The van der Waals surface area contributed by atoms with Gasteiger partial charge in [-0.2, -0.15) is 0 Å². The quantitative estimate of drug-likeness (QED) is 0.831. The second-order valence-electron chi connectivity index (χ2n) is 4.35. The van der Waals surface area contributed by atoms with Gasteiger partial charge in [0.25, 0.3) is 5.91 Å². The summed E-state index contributed by atoms with van der Waals surface area (Å²) in [5.41, 5.74) is 12.5. The van der Waals surface area contributed by atoms with E-state index in [9.17, 15) is 4.79 Å². The van der Waals surface area contributed by atoms with Crippen LogP contribution < -0.4 is 16.4 Å². The molecule has 2 rings (SSSR count). The highest BCUT2D eigenvalue weighted by atomic mass is 35.5. The SMILES string of the molecule is CN(Cc1cc(N)ccc1Cl)c1ccc(C(N)=O)nn1. The second kappa shape index (κ2) is 5.75. The number of benzene rings is 1. The Kier molecular flexibility index (Phi) is 4.05. The Labute approximate surface area is 121 Å². The first-order valence-electron chi connectivity index (χ1n) is 5.86. The summed E-state index contributed by atoms with van der Waals surface area (Å²) in [5.74, 6) is -0.000860. The first kappa shape index (κ1) is 14.1. The van der Waals surface area contributed by atoms with Crippen LogP contribution in [-0.2, 0) is 6.54 Å². The zero-order valence-electron chi connectivity index (χ0n) is 10.9. The van der Waals surface area contributed by atoms with E-state index in [0.29, 0.717) is 23.1 Å². The smallest absolute Gasteiger partial charge is 0.269 e. The van der Waals surface area contributed by atoms with Crippen molar-refractivity contribution in [1.29, 1.82) is 0 Å². The number of hydrogen-bond donors (Lipinski definition) is 2. The highest BCUT2D eigenvalue weighted by molar-refractivity contribution is 6.31. The molecule has 2 aromatic rings. The Bertz CT molecular complexity index is 629. The number of hydrogen-bond acceptors (Lipinski definition) is 5. The minimum Gasteiger partial charge on any atom is -0.399 e. The van der Waals surface area contributed by atoms with Gasteiger partial charge in [-0.1, -0.05) is 11.6 Å². The van der Waals surface area contributed by atoms with E-state index in [1.807, 2.05) is 18.0 Å². The molecule has 4 N–H and O–H groups in total. The lowest BCUT2D eigenvalue weighted by molar-refractivity contribution is 0.0994. The van der Waals surface area contributed by atoms with Gasteiger partial charge in [0.05, 0.1) is 0 Å². The number of halogens is 1. The maximum Gasteiger partial charge on any atom is 0.269 e. The first-order valence-corrected chi connectivity index (χ1v) is 6.23. The van der Waals surface area contributed by atoms with Crippen molar-refractivity contribution in [1.82, 2.24) is 10.2 Å². The van der Waals surface area contributed by atoms with Crippen LogP contribution in [0.1, 0.15) is 16.1 Å². The van der Waals surface area contributed by atoms with Crippen LogP contribution in [0.2, 0.25) is 5.02 Å². The zero-order chi connectivity index (χ0) is 14.7. The Morgan fingerprint density at radius 1 is 1.30 bits per heavy atom. The van der Waals surface area contributed by atoms with E-state index in [1.165, 1.54) is 6.07 Å². The summed E-state index contributed by atoms with van der Waals surface area (Å²) in [6.07, 6.45) is 0. The van der Waals surface area contributed by atoms with Gasteiger partial charge in [0.2, 0.25) is 0 Å². The van der Waals surface area contributed by atoms with Crippen molar-refractivity contribution in [3.05, 3.63) is 46.6 Å². The third kappa shape index (κ3) is 3.16. The van der Waals surface area contributed by atoms with E-state index in [1.54, 1.807) is 18.2 Å². The summed E-state index contributed by atoms with van der Waals surface area (Å²) in [7, 11) is 1.84. The fourth-order valence-electron chi connectivity index (χ4n) is 1.71. The second-order valence-corrected chi connectivity index (χ2v) is 4.76. The van der Waals surface area contributed by atoms with E-state index in [-0.39, 0.29) is 5.69 Å². The number of carbonyl (C=O) groups is 1.